The molecule has 6 nitrogen and oxygen atoms in total. The number of halogens is 1. The largest absolute Gasteiger partial charge is 0.321 e. The van der Waals surface area contributed by atoms with E-state index in [1.54, 1.807) is 36.5 Å². The number of pyridine rings is 1. The molecule has 1 aliphatic heterocycles. The Morgan fingerprint density at radius 2 is 1.84 bits per heavy atom. The molecule has 8 heteroatoms. The molecule has 1 aliphatic rings. The quantitative estimate of drug-likeness (QED) is 0.467. The Kier molecular flexibility index (Phi) is 5.07. The fourth-order valence-electron chi connectivity index (χ4n) is 3.93. The van der Waals surface area contributed by atoms with Crippen molar-refractivity contribution >= 4 is 49.8 Å². The second-order valence-electron chi connectivity index (χ2n) is 7.43. The molecular formula is C24H18ClN3O3S. The Balaban J connectivity index is 1.49. The molecule has 4 aromatic rings. The third-order valence-corrected chi connectivity index (χ3v) is 7.79. The molecule has 0 atom stereocenters. The summed E-state index contributed by atoms with van der Waals surface area (Å²) in [5, 5.41) is 3.71. The Bertz CT molecular complexity index is 1470. The molecule has 1 N–H and O–H groups in total. The van der Waals surface area contributed by atoms with Crippen molar-refractivity contribution in [3.8, 4) is 0 Å². The summed E-state index contributed by atoms with van der Waals surface area (Å²) in [6.45, 7) is 0.331. The van der Waals surface area contributed by atoms with Crippen molar-refractivity contribution in [2.24, 2.45) is 0 Å². The van der Waals surface area contributed by atoms with Crippen LogP contribution < -0.4 is 9.62 Å². The lowest BCUT2D eigenvalue weighted by Gasteiger charge is -2.20. The normalized spacial score (nSPS) is 13.2. The van der Waals surface area contributed by atoms with Gasteiger partial charge in [0.05, 0.1) is 21.9 Å². The summed E-state index contributed by atoms with van der Waals surface area (Å²) in [4.78, 5) is 17.2. The van der Waals surface area contributed by atoms with Crippen LogP contribution in [-0.2, 0) is 16.4 Å². The molecule has 0 saturated carbocycles. The Morgan fingerprint density at radius 3 is 2.72 bits per heavy atom. The van der Waals surface area contributed by atoms with Gasteiger partial charge in [0.2, 0.25) is 0 Å². The van der Waals surface area contributed by atoms with E-state index >= 15 is 0 Å². The summed E-state index contributed by atoms with van der Waals surface area (Å²) < 4.78 is 28.2. The molecule has 0 aliphatic carbocycles. The van der Waals surface area contributed by atoms with E-state index in [0.717, 1.165) is 16.5 Å². The van der Waals surface area contributed by atoms with E-state index in [0.29, 0.717) is 24.3 Å². The zero-order chi connectivity index (χ0) is 22.3. The minimum atomic E-state index is -3.93. The summed E-state index contributed by atoms with van der Waals surface area (Å²) >= 11 is 6.28. The highest BCUT2D eigenvalue weighted by Crippen LogP contribution is 2.35. The predicted molar refractivity (Wildman–Crippen MR) is 126 cm³/mol. The molecule has 0 radical (unpaired) electrons. The number of anilines is 2. The van der Waals surface area contributed by atoms with Crippen molar-refractivity contribution in [2.45, 2.75) is 11.3 Å². The molecule has 5 rings (SSSR count). The highest BCUT2D eigenvalue weighted by Gasteiger charge is 2.32. The van der Waals surface area contributed by atoms with Gasteiger partial charge in [-0.2, -0.15) is 0 Å². The van der Waals surface area contributed by atoms with Gasteiger partial charge in [-0.05, 0) is 60.5 Å². The molecule has 0 saturated heterocycles. The first kappa shape index (κ1) is 20.5. The van der Waals surface area contributed by atoms with Crippen molar-refractivity contribution in [1.29, 1.82) is 0 Å². The summed E-state index contributed by atoms with van der Waals surface area (Å²) in [5.41, 5.74) is 3.14. The lowest BCUT2D eigenvalue weighted by atomic mass is 10.1. The minimum absolute atomic E-state index is 0.0697. The number of nitrogens with zero attached hydrogens (tertiary/aromatic N) is 2. The van der Waals surface area contributed by atoms with Crippen molar-refractivity contribution in [2.75, 3.05) is 16.2 Å². The molecule has 160 valence electrons. The van der Waals surface area contributed by atoms with Crippen LogP contribution >= 0.6 is 11.6 Å². The summed E-state index contributed by atoms with van der Waals surface area (Å²) in [5.74, 6) is -0.434. The second kappa shape index (κ2) is 7.93. The van der Waals surface area contributed by atoms with Crippen LogP contribution in [0.1, 0.15) is 15.9 Å². The van der Waals surface area contributed by atoms with Gasteiger partial charge in [0, 0.05) is 23.7 Å². The van der Waals surface area contributed by atoms with Crippen LogP contribution in [0.4, 0.5) is 11.4 Å². The highest BCUT2D eigenvalue weighted by atomic mass is 35.5. The number of rotatable bonds is 4. The summed E-state index contributed by atoms with van der Waals surface area (Å²) in [6.07, 6.45) is 2.31. The van der Waals surface area contributed by atoms with E-state index in [2.05, 4.69) is 10.3 Å². The zero-order valence-corrected chi connectivity index (χ0v) is 18.4. The molecule has 1 amide bonds. The molecule has 0 unspecified atom stereocenters. The van der Waals surface area contributed by atoms with Crippen molar-refractivity contribution in [1.82, 2.24) is 4.98 Å². The maximum Gasteiger partial charge on any atom is 0.265 e. The Labute approximate surface area is 190 Å². The number of sulfonamides is 1. The van der Waals surface area contributed by atoms with E-state index in [1.165, 1.54) is 22.5 Å². The van der Waals surface area contributed by atoms with Gasteiger partial charge >= 0.3 is 0 Å². The third-order valence-electron chi connectivity index (χ3n) is 5.50. The molecule has 3 aromatic carbocycles. The molecule has 1 aromatic heterocycles. The lowest BCUT2D eigenvalue weighted by Crippen LogP contribution is -2.29. The average molecular weight is 464 g/mol. The fraction of sp³-hybridized carbons (Fsp3) is 0.0833. The standard InChI is InChI=1S/C24H18ClN3O3S/c25-19-11-10-17(24(29)27-21-8-3-7-20-18(21)6-4-13-26-20)15-23(19)32(30,31)28-14-12-16-5-1-2-9-22(16)28/h1-11,13,15H,12,14H2,(H,27,29). The monoisotopic (exact) mass is 463 g/mol. The zero-order valence-electron chi connectivity index (χ0n) is 16.8. The molecule has 0 spiro atoms. The average Bonchev–Trinajstić information content (AvgIpc) is 3.24. The van der Waals surface area contributed by atoms with E-state index in [4.69, 9.17) is 11.6 Å². The van der Waals surface area contributed by atoms with Crippen LogP contribution in [-0.4, -0.2) is 25.9 Å². The minimum Gasteiger partial charge on any atom is -0.321 e. The number of para-hydroxylation sites is 1. The number of benzene rings is 3. The Hall–Kier alpha value is -3.42. The Morgan fingerprint density at radius 1 is 1.00 bits per heavy atom. The topological polar surface area (TPSA) is 79.4 Å². The van der Waals surface area contributed by atoms with Gasteiger partial charge in [-0.25, -0.2) is 8.42 Å². The maximum atomic E-state index is 13.4. The van der Waals surface area contributed by atoms with Crippen LogP contribution in [0, 0.1) is 0 Å². The number of nitrogens with one attached hydrogen (secondary N) is 1. The fourth-order valence-corrected chi connectivity index (χ4v) is 5.93. The van der Waals surface area contributed by atoms with E-state index < -0.39 is 15.9 Å². The molecule has 0 fully saturated rings. The smallest absolute Gasteiger partial charge is 0.265 e. The van der Waals surface area contributed by atoms with Gasteiger partial charge < -0.3 is 5.32 Å². The second-order valence-corrected chi connectivity index (χ2v) is 9.67. The number of hydrogen-bond acceptors (Lipinski definition) is 4. The van der Waals surface area contributed by atoms with Gasteiger partial charge in [-0.15, -0.1) is 0 Å². The first-order chi connectivity index (χ1) is 15.4. The number of fused-ring (bicyclic) bond motifs is 2. The van der Waals surface area contributed by atoms with Gasteiger partial charge in [0.1, 0.15) is 4.90 Å². The van der Waals surface area contributed by atoms with E-state index in [-0.39, 0.29) is 15.5 Å². The van der Waals surface area contributed by atoms with Crippen LogP contribution in [0.3, 0.4) is 0 Å². The number of hydrogen-bond donors (Lipinski definition) is 1. The number of carbonyl (C=O) groups excluding carboxylic acids is 1. The van der Waals surface area contributed by atoms with Crippen LogP contribution in [0.2, 0.25) is 5.02 Å². The SMILES string of the molecule is O=C(Nc1cccc2ncccc12)c1ccc(Cl)c(S(=O)(=O)N2CCc3ccccc32)c1. The van der Waals surface area contributed by atoms with Gasteiger partial charge in [-0.1, -0.05) is 35.9 Å². The van der Waals surface area contributed by atoms with Gasteiger partial charge in [0.25, 0.3) is 15.9 Å². The van der Waals surface area contributed by atoms with Gasteiger partial charge in [-0.3, -0.25) is 14.1 Å². The van der Waals surface area contributed by atoms with Crippen molar-refractivity contribution < 1.29 is 13.2 Å². The number of aromatic nitrogens is 1. The number of carbonyl (C=O) groups is 1. The lowest BCUT2D eigenvalue weighted by molar-refractivity contribution is 0.102. The molecule has 2 heterocycles. The van der Waals surface area contributed by atoms with Crippen LogP contribution in [0.5, 0.6) is 0 Å². The van der Waals surface area contributed by atoms with Gasteiger partial charge in [0.15, 0.2) is 0 Å². The first-order valence-corrected chi connectivity index (χ1v) is 11.8. The maximum absolute atomic E-state index is 13.4. The first-order valence-electron chi connectivity index (χ1n) is 10.0. The number of amides is 1. The molecular weight excluding hydrogens is 446 g/mol. The van der Waals surface area contributed by atoms with Crippen LogP contribution in [0.25, 0.3) is 10.9 Å². The van der Waals surface area contributed by atoms with Crippen molar-refractivity contribution in [3.05, 3.63) is 95.1 Å². The van der Waals surface area contributed by atoms with Crippen LogP contribution in [0.15, 0.2) is 83.9 Å². The summed E-state index contributed by atoms with van der Waals surface area (Å²) in [6, 6.07) is 20.7. The van der Waals surface area contributed by atoms with E-state index in [1.807, 2.05) is 24.3 Å². The molecule has 32 heavy (non-hydrogen) atoms. The molecule has 0 bridgehead atoms. The predicted octanol–water partition coefficient (Wildman–Crippen LogP) is 4.89. The van der Waals surface area contributed by atoms with E-state index in [9.17, 15) is 13.2 Å². The highest BCUT2D eigenvalue weighted by molar-refractivity contribution is 7.93. The van der Waals surface area contributed by atoms with Crippen molar-refractivity contribution in [3.63, 3.8) is 0 Å². The summed E-state index contributed by atoms with van der Waals surface area (Å²) in [7, 11) is -3.93. The third kappa shape index (κ3) is 3.49.